The Morgan fingerprint density at radius 3 is 2.77 bits per heavy atom. The van der Waals surface area contributed by atoms with Gasteiger partial charge in [-0.25, -0.2) is 4.39 Å². The number of methoxy groups -OCH3 is 1. The highest BCUT2D eigenvalue weighted by Crippen LogP contribution is 2.37. The van der Waals surface area contributed by atoms with Crippen molar-refractivity contribution in [3.05, 3.63) is 65.0 Å². The number of fused-ring (bicyclic) bond motifs is 1. The SMILES string of the molecule is COCCNC(=O)C(C)Oc1ccc2c(c1)C(c1cccc(F)c1)N(C(C)=O)CC2. The molecule has 2 unspecified atom stereocenters. The number of nitrogens with one attached hydrogen (secondary N) is 1. The maximum atomic E-state index is 13.9. The molecule has 1 aliphatic rings. The van der Waals surface area contributed by atoms with Gasteiger partial charge in [0.15, 0.2) is 6.10 Å². The summed E-state index contributed by atoms with van der Waals surface area (Å²) in [4.78, 5) is 26.2. The van der Waals surface area contributed by atoms with Gasteiger partial charge in [-0.1, -0.05) is 18.2 Å². The number of carbonyl (C=O) groups excluding carboxylic acids is 2. The van der Waals surface area contributed by atoms with E-state index in [0.29, 0.717) is 37.4 Å². The molecule has 0 spiro atoms. The van der Waals surface area contributed by atoms with Crippen LogP contribution in [-0.2, 0) is 20.7 Å². The fraction of sp³-hybridized carbons (Fsp3) is 0.391. The van der Waals surface area contributed by atoms with Crippen molar-refractivity contribution in [2.45, 2.75) is 32.4 Å². The monoisotopic (exact) mass is 414 g/mol. The molecule has 6 nitrogen and oxygen atoms in total. The lowest BCUT2D eigenvalue weighted by atomic mass is 9.88. The number of carbonyl (C=O) groups is 2. The highest BCUT2D eigenvalue weighted by atomic mass is 19.1. The maximum Gasteiger partial charge on any atom is 0.260 e. The van der Waals surface area contributed by atoms with Crippen molar-refractivity contribution in [2.75, 3.05) is 26.8 Å². The Morgan fingerprint density at radius 1 is 1.27 bits per heavy atom. The number of benzene rings is 2. The zero-order chi connectivity index (χ0) is 21.7. The lowest BCUT2D eigenvalue weighted by Crippen LogP contribution is -2.39. The first-order valence-electron chi connectivity index (χ1n) is 9.99. The molecule has 1 aliphatic heterocycles. The number of hydrogen-bond donors (Lipinski definition) is 1. The molecular formula is C23H27FN2O4. The van der Waals surface area contributed by atoms with Crippen molar-refractivity contribution in [3.63, 3.8) is 0 Å². The van der Waals surface area contributed by atoms with Crippen molar-refractivity contribution in [1.82, 2.24) is 10.2 Å². The predicted molar refractivity (Wildman–Crippen MR) is 111 cm³/mol. The van der Waals surface area contributed by atoms with E-state index in [2.05, 4.69) is 5.32 Å². The van der Waals surface area contributed by atoms with E-state index in [0.717, 1.165) is 11.1 Å². The van der Waals surface area contributed by atoms with Crippen LogP contribution in [0.1, 0.15) is 36.6 Å². The van der Waals surface area contributed by atoms with Gasteiger partial charge in [0.25, 0.3) is 5.91 Å². The van der Waals surface area contributed by atoms with E-state index >= 15 is 0 Å². The van der Waals surface area contributed by atoms with Crippen LogP contribution in [0.4, 0.5) is 4.39 Å². The Hall–Kier alpha value is -2.93. The van der Waals surface area contributed by atoms with Gasteiger partial charge in [0, 0.05) is 27.1 Å². The summed E-state index contributed by atoms with van der Waals surface area (Å²) >= 11 is 0. The van der Waals surface area contributed by atoms with Gasteiger partial charge in [0.1, 0.15) is 11.6 Å². The normalized spacial score (nSPS) is 16.5. The average molecular weight is 414 g/mol. The second-order valence-electron chi connectivity index (χ2n) is 7.32. The molecule has 0 aromatic heterocycles. The Kier molecular flexibility index (Phi) is 7.05. The fourth-order valence-corrected chi connectivity index (χ4v) is 3.72. The molecule has 2 aromatic carbocycles. The van der Waals surface area contributed by atoms with Gasteiger partial charge in [-0.2, -0.15) is 0 Å². The third-order valence-electron chi connectivity index (χ3n) is 5.20. The van der Waals surface area contributed by atoms with Gasteiger partial charge in [-0.15, -0.1) is 0 Å². The second-order valence-corrected chi connectivity index (χ2v) is 7.32. The summed E-state index contributed by atoms with van der Waals surface area (Å²) in [6.45, 7) is 4.58. The van der Waals surface area contributed by atoms with Crippen LogP contribution in [0.3, 0.4) is 0 Å². The molecule has 0 aliphatic carbocycles. The number of ether oxygens (including phenoxy) is 2. The third-order valence-corrected chi connectivity index (χ3v) is 5.20. The molecule has 2 aromatic rings. The summed E-state index contributed by atoms with van der Waals surface area (Å²) < 4.78 is 24.7. The predicted octanol–water partition coefficient (Wildman–Crippen LogP) is 2.85. The minimum Gasteiger partial charge on any atom is -0.481 e. The van der Waals surface area contributed by atoms with Crippen LogP contribution in [0.2, 0.25) is 0 Å². The largest absolute Gasteiger partial charge is 0.481 e. The lowest BCUT2D eigenvalue weighted by molar-refractivity contribution is -0.131. The van der Waals surface area contributed by atoms with Gasteiger partial charge < -0.3 is 19.7 Å². The van der Waals surface area contributed by atoms with E-state index in [1.807, 2.05) is 24.3 Å². The molecule has 2 atom stereocenters. The summed E-state index contributed by atoms with van der Waals surface area (Å²) in [5.41, 5.74) is 2.66. The quantitative estimate of drug-likeness (QED) is 0.708. The molecule has 7 heteroatoms. The van der Waals surface area contributed by atoms with E-state index in [-0.39, 0.29) is 17.6 Å². The Labute approximate surface area is 176 Å². The average Bonchev–Trinajstić information content (AvgIpc) is 2.72. The molecule has 0 fully saturated rings. The Morgan fingerprint density at radius 2 is 2.07 bits per heavy atom. The van der Waals surface area contributed by atoms with E-state index < -0.39 is 12.1 Å². The minimum atomic E-state index is -0.694. The summed E-state index contributed by atoms with van der Waals surface area (Å²) in [7, 11) is 1.57. The Balaban J connectivity index is 1.88. The van der Waals surface area contributed by atoms with Crippen molar-refractivity contribution >= 4 is 11.8 Å². The van der Waals surface area contributed by atoms with Gasteiger partial charge in [0.05, 0.1) is 12.6 Å². The minimum absolute atomic E-state index is 0.0767. The Bertz CT molecular complexity index is 918. The van der Waals surface area contributed by atoms with E-state index in [9.17, 15) is 14.0 Å². The summed E-state index contributed by atoms with van der Waals surface area (Å²) in [5, 5.41) is 2.75. The number of nitrogens with zero attached hydrogens (tertiary/aromatic N) is 1. The van der Waals surface area contributed by atoms with Crippen LogP contribution in [0.5, 0.6) is 5.75 Å². The maximum absolute atomic E-state index is 13.9. The van der Waals surface area contributed by atoms with Gasteiger partial charge in [0.2, 0.25) is 5.91 Å². The highest BCUT2D eigenvalue weighted by Gasteiger charge is 2.31. The summed E-state index contributed by atoms with van der Waals surface area (Å²) in [6.07, 6.45) is 0.00803. The number of halogens is 1. The highest BCUT2D eigenvalue weighted by molar-refractivity contribution is 5.80. The first-order valence-corrected chi connectivity index (χ1v) is 9.99. The standard InChI is InChI=1S/C23H27FN2O4/c1-15(23(28)25-10-12-29-3)30-20-8-7-17-9-11-26(16(2)27)22(21(17)14-20)18-5-4-6-19(24)13-18/h4-8,13-15,22H,9-12H2,1-3H3,(H,25,28). The van der Waals surface area contributed by atoms with Crippen molar-refractivity contribution in [2.24, 2.45) is 0 Å². The zero-order valence-corrected chi connectivity index (χ0v) is 17.5. The van der Waals surface area contributed by atoms with Crippen LogP contribution < -0.4 is 10.1 Å². The van der Waals surface area contributed by atoms with E-state index in [1.165, 1.54) is 19.1 Å². The first-order chi connectivity index (χ1) is 14.4. The van der Waals surface area contributed by atoms with E-state index in [1.54, 1.807) is 25.0 Å². The molecule has 2 amide bonds. The van der Waals surface area contributed by atoms with Gasteiger partial charge in [-0.3, -0.25) is 9.59 Å². The van der Waals surface area contributed by atoms with Crippen molar-refractivity contribution < 1.29 is 23.5 Å². The van der Waals surface area contributed by atoms with Crippen molar-refractivity contribution in [3.8, 4) is 5.75 Å². The molecule has 3 rings (SSSR count). The van der Waals surface area contributed by atoms with Gasteiger partial charge in [-0.05, 0) is 54.3 Å². The molecule has 0 bridgehead atoms. The van der Waals surface area contributed by atoms with Crippen LogP contribution >= 0.6 is 0 Å². The van der Waals surface area contributed by atoms with Crippen LogP contribution in [0.25, 0.3) is 0 Å². The third kappa shape index (κ3) is 4.97. The lowest BCUT2D eigenvalue weighted by Gasteiger charge is -2.37. The molecule has 30 heavy (non-hydrogen) atoms. The second kappa shape index (κ2) is 9.71. The van der Waals surface area contributed by atoms with Crippen molar-refractivity contribution in [1.29, 1.82) is 0 Å². The molecule has 0 saturated heterocycles. The van der Waals surface area contributed by atoms with Crippen LogP contribution in [-0.4, -0.2) is 49.6 Å². The summed E-state index contributed by atoms with van der Waals surface area (Å²) in [6, 6.07) is 11.5. The van der Waals surface area contributed by atoms with E-state index in [4.69, 9.17) is 9.47 Å². The number of rotatable bonds is 7. The molecule has 0 saturated carbocycles. The molecule has 1 heterocycles. The molecule has 1 N–H and O–H groups in total. The number of hydrogen-bond acceptors (Lipinski definition) is 4. The molecular weight excluding hydrogens is 387 g/mol. The molecule has 0 radical (unpaired) electrons. The fourth-order valence-electron chi connectivity index (χ4n) is 3.72. The smallest absolute Gasteiger partial charge is 0.260 e. The molecule has 160 valence electrons. The topological polar surface area (TPSA) is 67.9 Å². The first kappa shape index (κ1) is 21.8. The van der Waals surface area contributed by atoms with Crippen LogP contribution in [0, 0.1) is 5.82 Å². The zero-order valence-electron chi connectivity index (χ0n) is 17.5. The van der Waals surface area contributed by atoms with Crippen LogP contribution in [0.15, 0.2) is 42.5 Å². The number of amides is 2. The summed E-state index contributed by atoms with van der Waals surface area (Å²) in [5.74, 6) is -0.143. The van der Waals surface area contributed by atoms with Gasteiger partial charge >= 0.3 is 0 Å².